The molecule has 1 aliphatic carbocycles. The Hall–Kier alpha value is -0.120. The van der Waals surface area contributed by atoms with Crippen LogP contribution in [0.4, 0.5) is 0 Å². The first-order valence-electron chi connectivity index (χ1n) is 8.42. The van der Waals surface area contributed by atoms with E-state index in [0.29, 0.717) is 12.1 Å². The van der Waals surface area contributed by atoms with E-state index in [0.717, 1.165) is 25.5 Å². The van der Waals surface area contributed by atoms with Crippen LogP contribution >= 0.6 is 0 Å². The molecule has 0 radical (unpaired) electrons. The molecule has 0 amide bonds. The predicted molar refractivity (Wildman–Crippen MR) is 85.2 cm³/mol. The summed E-state index contributed by atoms with van der Waals surface area (Å²) < 4.78 is 11.7. The maximum Gasteiger partial charge on any atom is 0.0730 e. The van der Waals surface area contributed by atoms with Crippen LogP contribution in [0.3, 0.4) is 0 Å². The van der Waals surface area contributed by atoms with Crippen molar-refractivity contribution in [1.82, 2.24) is 5.32 Å². The predicted octanol–water partition coefficient (Wildman–Crippen LogP) is 3.77. The van der Waals surface area contributed by atoms with Gasteiger partial charge in [0, 0.05) is 19.8 Å². The molecule has 0 saturated heterocycles. The van der Waals surface area contributed by atoms with Gasteiger partial charge in [0.25, 0.3) is 0 Å². The van der Waals surface area contributed by atoms with E-state index in [2.05, 4.69) is 33.0 Å². The van der Waals surface area contributed by atoms with Crippen LogP contribution in [0, 0.1) is 5.92 Å². The molecule has 1 fully saturated rings. The van der Waals surface area contributed by atoms with Gasteiger partial charge >= 0.3 is 0 Å². The number of methoxy groups -OCH3 is 1. The second-order valence-corrected chi connectivity index (χ2v) is 6.75. The normalized spacial score (nSPS) is 27.8. The van der Waals surface area contributed by atoms with Crippen LogP contribution in [0.1, 0.15) is 66.2 Å². The summed E-state index contributed by atoms with van der Waals surface area (Å²) >= 11 is 0. The first-order chi connectivity index (χ1) is 9.52. The first-order valence-corrected chi connectivity index (χ1v) is 8.42. The standard InChI is InChI=1S/C17H35NO2/c1-6-8-14-9-10-15(18-7-2)16(13-14)20-12-11-17(3,4)19-5/h14-16,18H,6-13H2,1-5H3. The Labute approximate surface area is 125 Å². The molecule has 3 heteroatoms. The lowest BCUT2D eigenvalue weighted by Gasteiger charge is -2.37. The van der Waals surface area contributed by atoms with E-state index in [4.69, 9.17) is 9.47 Å². The molecule has 3 unspecified atom stereocenters. The van der Waals surface area contributed by atoms with Crippen LogP contribution in [0.5, 0.6) is 0 Å². The minimum absolute atomic E-state index is 0.0782. The Morgan fingerprint density at radius 1 is 1.20 bits per heavy atom. The maximum atomic E-state index is 6.22. The third kappa shape index (κ3) is 6.11. The van der Waals surface area contributed by atoms with Gasteiger partial charge < -0.3 is 14.8 Å². The van der Waals surface area contributed by atoms with Crippen LogP contribution in [-0.2, 0) is 9.47 Å². The molecule has 0 spiro atoms. The van der Waals surface area contributed by atoms with E-state index in [9.17, 15) is 0 Å². The average molecular weight is 285 g/mol. The van der Waals surface area contributed by atoms with Crippen LogP contribution < -0.4 is 5.32 Å². The molecule has 1 N–H and O–H groups in total. The molecule has 0 bridgehead atoms. The summed E-state index contributed by atoms with van der Waals surface area (Å²) in [5, 5.41) is 3.60. The number of rotatable bonds is 9. The van der Waals surface area contributed by atoms with Crippen molar-refractivity contribution in [3.63, 3.8) is 0 Å². The SMILES string of the molecule is CCCC1CCC(NCC)C(OCCC(C)(C)OC)C1. The minimum atomic E-state index is -0.0782. The summed E-state index contributed by atoms with van der Waals surface area (Å²) in [5.74, 6) is 0.857. The number of nitrogens with one attached hydrogen (secondary N) is 1. The van der Waals surface area contributed by atoms with Crippen molar-refractivity contribution < 1.29 is 9.47 Å². The van der Waals surface area contributed by atoms with Gasteiger partial charge in [-0.25, -0.2) is 0 Å². The molecule has 3 nitrogen and oxygen atoms in total. The summed E-state index contributed by atoms with van der Waals surface area (Å²) in [6.07, 6.45) is 7.82. The Bertz CT molecular complexity index is 255. The van der Waals surface area contributed by atoms with E-state index in [1.54, 1.807) is 7.11 Å². The lowest BCUT2D eigenvalue weighted by atomic mass is 9.81. The molecule has 0 aromatic rings. The molecule has 120 valence electrons. The molecule has 1 rings (SSSR count). The zero-order chi connectivity index (χ0) is 15.0. The van der Waals surface area contributed by atoms with E-state index in [1.165, 1.54) is 32.1 Å². The van der Waals surface area contributed by atoms with Crippen molar-refractivity contribution in [1.29, 1.82) is 0 Å². The Balaban J connectivity index is 2.43. The highest BCUT2D eigenvalue weighted by molar-refractivity contribution is 4.85. The van der Waals surface area contributed by atoms with Gasteiger partial charge in [0.15, 0.2) is 0 Å². The summed E-state index contributed by atoms with van der Waals surface area (Å²) in [6, 6.07) is 0.541. The zero-order valence-corrected chi connectivity index (χ0v) is 14.2. The number of hydrogen-bond acceptors (Lipinski definition) is 3. The summed E-state index contributed by atoms with van der Waals surface area (Å²) in [4.78, 5) is 0. The van der Waals surface area contributed by atoms with Gasteiger partial charge in [-0.3, -0.25) is 0 Å². The van der Waals surface area contributed by atoms with Crippen LogP contribution in [0.15, 0.2) is 0 Å². The van der Waals surface area contributed by atoms with Gasteiger partial charge in [-0.15, -0.1) is 0 Å². The molecule has 0 heterocycles. The van der Waals surface area contributed by atoms with E-state index >= 15 is 0 Å². The van der Waals surface area contributed by atoms with Gasteiger partial charge in [0.2, 0.25) is 0 Å². The molecular weight excluding hydrogens is 250 g/mol. The van der Waals surface area contributed by atoms with E-state index in [-0.39, 0.29) is 5.60 Å². The zero-order valence-electron chi connectivity index (χ0n) is 14.2. The van der Waals surface area contributed by atoms with Crippen molar-refractivity contribution in [3.8, 4) is 0 Å². The van der Waals surface area contributed by atoms with Gasteiger partial charge in [0.05, 0.1) is 11.7 Å². The summed E-state index contributed by atoms with van der Waals surface area (Å²) in [5.41, 5.74) is -0.0782. The molecule has 3 atom stereocenters. The van der Waals surface area contributed by atoms with Crippen molar-refractivity contribution in [3.05, 3.63) is 0 Å². The topological polar surface area (TPSA) is 30.5 Å². The van der Waals surface area contributed by atoms with Crippen LogP contribution in [0.25, 0.3) is 0 Å². The van der Waals surface area contributed by atoms with Crippen molar-refractivity contribution >= 4 is 0 Å². The monoisotopic (exact) mass is 285 g/mol. The molecule has 0 aromatic heterocycles. The third-order valence-corrected chi connectivity index (χ3v) is 4.65. The van der Waals surface area contributed by atoms with Crippen LogP contribution in [-0.4, -0.2) is 38.0 Å². The maximum absolute atomic E-state index is 6.22. The van der Waals surface area contributed by atoms with Crippen LogP contribution in [0.2, 0.25) is 0 Å². The fourth-order valence-corrected chi connectivity index (χ4v) is 3.12. The van der Waals surface area contributed by atoms with Gasteiger partial charge in [0.1, 0.15) is 0 Å². The number of likely N-dealkylation sites (N-methyl/N-ethyl adjacent to an activating group) is 1. The second-order valence-electron chi connectivity index (χ2n) is 6.75. The fourth-order valence-electron chi connectivity index (χ4n) is 3.12. The quantitative estimate of drug-likeness (QED) is 0.699. The smallest absolute Gasteiger partial charge is 0.0730 e. The largest absolute Gasteiger partial charge is 0.379 e. The number of ether oxygens (including phenoxy) is 2. The first kappa shape index (κ1) is 17.9. The third-order valence-electron chi connectivity index (χ3n) is 4.65. The van der Waals surface area contributed by atoms with Crippen molar-refractivity contribution in [2.24, 2.45) is 5.92 Å². The van der Waals surface area contributed by atoms with E-state index < -0.39 is 0 Å². The van der Waals surface area contributed by atoms with E-state index in [1.807, 2.05) is 0 Å². The Kier molecular flexibility index (Phi) is 8.08. The lowest BCUT2D eigenvalue weighted by Crippen LogP contribution is -2.46. The highest BCUT2D eigenvalue weighted by atomic mass is 16.5. The molecule has 1 aliphatic rings. The van der Waals surface area contributed by atoms with Gasteiger partial charge in [-0.1, -0.05) is 26.7 Å². The minimum Gasteiger partial charge on any atom is -0.379 e. The van der Waals surface area contributed by atoms with Gasteiger partial charge in [-0.2, -0.15) is 0 Å². The highest BCUT2D eigenvalue weighted by Crippen LogP contribution is 2.30. The Morgan fingerprint density at radius 2 is 1.95 bits per heavy atom. The molecule has 1 saturated carbocycles. The molecular formula is C17H35NO2. The lowest BCUT2D eigenvalue weighted by molar-refractivity contribution is -0.0500. The number of hydrogen-bond donors (Lipinski definition) is 1. The second kappa shape index (κ2) is 9.01. The van der Waals surface area contributed by atoms with Crippen molar-refractivity contribution in [2.75, 3.05) is 20.3 Å². The summed E-state index contributed by atoms with van der Waals surface area (Å²) in [7, 11) is 1.78. The highest BCUT2D eigenvalue weighted by Gasteiger charge is 2.30. The molecule has 20 heavy (non-hydrogen) atoms. The molecule has 0 aromatic carbocycles. The Morgan fingerprint density at radius 3 is 2.55 bits per heavy atom. The van der Waals surface area contributed by atoms with Gasteiger partial charge in [-0.05, 0) is 52.0 Å². The molecule has 0 aliphatic heterocycles. The average Bonchev–Trinajstić information content (AvgIpc) is 2.42. The van der Waals surface area contributed by atoms with Crippen molar-refractivity contribution in [2.45, 2.75) is 84.0 Å². The fraction of sp³-hybridized carbons (Fsp3) is 1.00. The summed E-state index contributed by atoms with van der Waals surface area (Å²) in [6.45, 7) is 10.5.